The van der Waals surface area contributed by atoms with Gasteiger partial charge in [0.2, 0.25) is 11.8 Å². The lowest BCUT2D eigenvalue weighted by Gasteiger charge is -2.42. The number of carbonyl (C=O) groups is 5. The summed E-state index contributed by atoms with van der Waals surface area (Å²) in [7, 11) is 1.58. The number of rotatable bonds is 9. The van der Waals surface area contributed by atoms with Crippen molar-refractivity contribution in [2.24, 2.45) is 5.92 Å². The maximum atomic E-state index is 13.9. The summed E-state index contributed by atoms with van der Waals surface area (Å²) >= 11 is 0. The summed E-state index contributed by atoms with van der Waals surface area (Å²) in [4.78, 5) is 72.3. The number of hydrogen-bond donors (Lipinski definition) is 3. The van der Waals surface area contributed by atoms with Crippen molar-refractivity contribution in [3.05, 3.63) is 82.7 Å². The van der Waals surface area contributed by atoms with E-state index in [2.05, 4.69) is 30.6 Å². The van der Waals surface area contributed by atoms with Gasteiger partial charge in [-0.25, -0.2) is 0 Å². The van der Waals surface area contributed by atoms with Gasteiger partial charge in [-0.2, -0.15) is 5.10 Å². The summed E-state index contributed by atoms with van der Waals surface area (Å²) < 4.78 is 5.73. The number of benzene rings is 2. The van der Waals surface area contributed by atoms with Gasteiger partial charge in [0.05, 0.1) is 29.6 Å². The Morgan fingerprint density at radius 3 is 2.54 bits per heavy atom. The van der Waals surface area contributed by atoms with Crippen LogP contribution in [0.2, 0.25) is 0 Å². The van der Waals surface area contributed by atoms with Gasteiger partial charge < -0.3 is 19.9 Å². The number of nitrogens with one attached hydrogen (secondary N) is 3. The predicted molar refractivity (Wildman–Crippen MR) is 189 cm³/mol. The van der Waals surface area contributed by atoms with Crippen LogP contribution in [0.15, 0.2) is 54.7 Å². The second-order valence-electron chi connectivity index (χ2n) is 14.6. The number of aromatic nitrogens is 2. The van der Waals surface area contributed by atoms with Gasteiger partial charge in [0.25, 0.3) is 17.7 Å². The molecule has 2 unspecified atom stereocenters. The van der Waals surface area contributed by atoms with Crippen molar-refractivity contribution in [3.8, 4) is 0 Å². The molecule has 0 bridgehead atoms. The van der Waals surface area contributed by atoms with Gasteiger partial charge in [0.1, 0.15) is 12.2 Å². The molecule has 8 rings (SSSR count). The Morgan fingerprint density at radius 1 is 0.981 bits per heavy atom. The van der Waals surface area contributed by atoms with Gasteiger partial charge in [-0.3, -0.25) is 44.2 Å². The first-order chi connectivity index (χ1) is 25.3. The molecule has 52 heavy (non-hydrogen) atoms. The van der Waals surface area contributed by atoms with Gasteiger partial charge in [-0.05, 0) is 68.3 Å². The van der Waals surface area contributed by atoms with Crippen molar-refractivity contribution in [1.29, 1.82) is 0 Å². The summed E-state index contributed by atoms with van der Waals surface area (Å²) in [5.74, 6) is -1.53. The number of fused-ring (bicyclic) bond motifs is 2. The minimum absolute atomic E-state index is 0.0525. The zero-order valence-corrected chi connectivity index (χ0v) is 29.3. The molecular weight excluding hydrogens is 664 g/mol. The molecule has 5 amide bonds. The number of likely N-dealkylation sites (tertiary alicyclic amines) is 2. The number of ether oxygens (including phenoxy) is 1. The summed E-state index contributed by atoms with van der Waals surface area (Å²) in [5, 5.41) is 13.2. The highest BCUT2D eigenvalue weighted by atomic mass is 16.5. The highest BCUT2D eigenvalue weighted by Crippen LogP contribution is 2.40. The number of hydrogen-bond acceptors (Lipinski definition) is 10. The Labute approximate surface area is 301 Å². The monoisotopic (exact) mass is 708 g/mol. The van der Waals surface area contributed by atoms with Crippen molar-refractivity contribution in [3.63, 3.8) is 0 Å². The van der Waals surface area contributed by atoms with Gasteiger partial charge in [-0.15, -0.1) is 0 Å². The molecular formula is C38H44N8O6. The van der Waals surface area contributed by atoms with Gasteiger partial charge in [0, 0.05) is 57.0 Å². The maximum absolute atomic E-state index is 13.9. The Kier molecular flexibility index (Phi) is 9.36. The van der Waals surface area contributed by atoms with Crippen LogP contribution in [0.25, 0.3) is 0 Å². The quantitative estimate of drug-likeness (QED) is 0.282. The molecule has 1 aromatic heterocycles. The second kappa shape index (κ2) is 14.2. The zero-order valence-electron chi connectivity index (χ0n) is 29.3. The van der Waals surface area contributed by atoms with Crippen molar-refractivity contribution < 1.29 is 28.7 Å². The number of H-pyrrole nitrogens is 1. The van der Waals surface area contributed by atoms with Crippen LogP contribution >= 0.6 is 0 Å². The molecule has 3 saturated heterocycles. The lowest BCUT2D eigenvalue weighted by molar-refractivity contribution is -0.150. The molecule has 2 aromatic carbocycles. The molecule has 6 heterocycles. The molecule has 272 valence electrons. The smallest absolute Gasteiger partial charge is 0.262 e. The number of methoxy groups -OCH3 is 1. The van der Waals surface area contributed by atoms with Crippen molar-refractivity contribution in [1.82, 2.24) is 35.1 Å². The van der Waals surface area contributed by atoms with E-state index in [0.717, 1.165) is 85.8 Å². The first-order valence-corrected chi connectivity index (χ1v) is 18.3. The molecule has 5 aliphatic heterocycles. The largest absolute Gasteiger partial charge is 0.381 e. The molecule has 14 heteroatoms. The number of piperidine rings is 3. The molecule has 0 radical (unpaired) electrons. The molecule has 3 fully saturated rings. The van der Waals surface area contributed by atoms with Crippen molar-refractivity contribution in [2.45, 2.75) is 69.4 Å². The Morgan fingerprint density at radius 2 is 1.77 bits per heavy atom. The molecule has 5 aliphatic rings. The Balaban J connectivity index is 0.868. The minimum atomic E-state index is -0.981. The maximum Gasteiger partial charge on any atom is 0.262 e. The molecule has 3 aromatic rings. The van der Waals surface area contributed by atoms with Crippen LogP contribution in [0.1, 0.15) is 88.3 Å². The van der Waals surface area contributed by atoms with E-state index in [9.17, 15) is 24.0 Å². The molecule has 4 atom stereocenters. The number of amides is 5. The average molecular weight is 709 g/mol. The number of anilines is 1. The fourth-order valence-electron chi connectivity index (χ4n) is 8.73. The standard InChI is InChI=1S/C38H44N8O6/c1-52-33(24-6-3-2-4-7-24)38(51)45-22-30-29(19-39-42-30)35(45)44-16-13-23(14-17-44)20-43-15-5-8-26(21-43)40-25-9-10-27-28(18-25)37(50)46(36(27)49)31-11-12-32(47)41-34(31)48/h2-4,6-7,9-10,18-19,23,26,31,33,35,40H,5,8,11-17,20-22H2,1H3,(H,39,42)(H,41,47,48)/t26-,31?,33-,35?/m1/s1. The summed E-state index contributed by atoms with van der Waals surface area (Å²) in [5.41, 5.74) is 4.19. The van der Waals surface area contributed by atoms with Crippen LogP contribution < -0.4 is 10.6 Å². The fraction of sp³-hybridized carbons (Fsp3) is 0.474. The summed E-state index contributed by atoms with van der Waals surface area (Å²) in [6.07, 6.45) is 5.31. The van der Waals surface area contributed by atoms with E-state index in [0.29, 0.717) is 12.5 Å². The third-order valence-corrected chi connectivity index (χ3v) is 11.3. The number of aromatic amines is 1. The van der Waals surface area contributed by atoms with Crippen LogP contribution in [-0.4, -0.2) is 111 Å². The van der Waals surface area contributed by atoms with Crippen molar-refractivity contribution >= 4 is 35.2 Å². The number of carbonyl (C=O) groups excluding carboxylic acids is 5. The normalized spacial score (nSPS) is 24.9. The number of imide groups is 2. The van der Waals surface area contributed by atoms with Crippen LogP contribution in [-0.2, 0) is 25.7 Å². The van der Waals surface area contributed by atoms with Crippen LogP contribution in [0.4, 0.5) is 5.69 Å². The number of nitrogens with zero attached hydrogens (tertiary/aromatic N) is 5. The predicted octanol–water partition coefficient (Wildman–Crippen LogP) is 2.83. The average Bonchev–Trinajstić information content (AvgIpc) is 3.82. The second-order valence-corrected chi connectivity index (χ2v) is 14.6. The van der Waals surface area contributed by atoms with Crippen molar-refractivity contribution in [2.75, 3.05) is 45.2 Å². The Bertz CT molecular complexity index is 1870. The molecule has 0 saturated carbocycles. The Hall–Kier alpha value is -4.92. The summed E-state index contributed by atoms with van der Waals surface area (Å²) in [6, 6.07) is 14.0. The lowest BCUT2D eigenvalue weighted by Crippen LogP contribution is -2.54. The first-order valence-electron chi connectivity index (χ1n) is 18.3. The van der Waals surface area contributed by atoms with Crippen LogP contribution in [0.5, 0.6) is 0 Å². The van der Waals surface area contributed by atoms with Crippen LogP contribution in [0.3, 0.4) is 0 Å². The van der Waals surface area contributed by atoms with E-state index in [4.69, 9.17) is 4.74 Å². The van der Waals surface area contributed by atoms with E-state index in [-0.39, 0.29) is 42.1 Å². The summed E-state index contributed by atoms with van der Waals surface area (Å²) in [6.45, 7) is 5.11. The minimum Gasteiger partial charge on any atom is -0.381 e. The highest BCUT2D eigenvalue weighted by molar-refractivity contribution is 6.23. The third kappa shape index (κ3) is 6.39. The van der Waals surface area contributed by atoms with E-state index in [1.54, 1.807) is 19.2 Å². The van der Waals surface area contributed by atoms with E-state index >= 15 is 0 Å². The fourth-order valence-corrected chi connectivity index (χ4v) is 8.73. The van der Waals surface area contributed by atoms with Crippen LogP contribution in [0, 0.1) is 5.92 Å². The van der Waals surface area contributed by atoms with E-state index in [1.165, 1.54) is 0 Å². The molecule has 14 nitrogen and oxygen atoms in total. The third-order valence-electron chi connectivity index (χ3n) is 11.3. The topological polar surface area (TPSA) is 160 Å². The molecule has 3 N–H and O–H groups in total. The van der Waals surface area contributed by atoms with E-state index < -0.39 is 35.8 Å². The lowest BCUT2D eigenvalue weighted by atomic mass is 9.94. The SMILES string of the molecule is CO[C@@H](C(=O)N1Cc2[nH]ncc2C1N1CCC(CN2CCC[C@@H](Nc3ccc4c(c3)C(=O)N(C3CCC(=O)NC3=O)C4=O)C2)CC1)c1ccccc1. The zero-order chi connectivity index (χ0) is 35.9. The van der Waals surface area contributed by atoms with Gasteiger partial charge in [0.15, 0.2) is 6.10 Å². The highest BCUT2D eigenvalue weighted by Gasteiger charge is 2.45. The molecule has 0 aliphatic carbocycles. The van der Waals surface area contributed by atoms with Gasteiger partial charge in [-0.1, -0.05) is 30.3 Å². The first kappa shape index (κ1) is 34.2. The van der Waals surface area contributed by atoms with E-state index in [1.807, 2.05) is 47.5 Å². The molecule has 0 spiro atoms. The van der Waals surface area contributed by atoms with Gasteiger partial charge >= 0.3 is 0 Å².